The summed E-state index contributed by atoms with van der Waals surface area (Å²) in [4.78, 5) is 34.2. The molecule has 3 saturated heterocycles. The fourth-order valence-electron chi connectivity index (χ4n) is 7.08. The number of fused-ring (bicyclic) bond motifs is 3. The van der Waals surface area contributed by atoms with Crippen molar-refractivity contribution in [2.75, 3.05) is 31.5 Å². The quantitative estimate of drug-likeness (QED) is 0.482. The van der Waals surface area contributed by atoms with E-state index in [2.05, 4.69) is 15.3 Å². The molecule has 2 saturated carbocycles. The molecule has 0 aromatic carbocycles. The Hall–Kier alpha value is -2.06. The van der Waals surface area contributed by atoms with Crippen LogP contribution in [0, 0.1) is 17.8 Å². The van der Waals surface area contributed by atoms with E-state index in [-0.39, 0.29) is 29.8 Å². The summed E-state index contributed by atoms with van der Waals surface area (Å²) in [7, 11) is 0. The van der Waals surface area contributed by atoms with E-state index in [0.717, 1.165) is 77.3 Å². The molecule has 4 heterocycles. The molecule has 1 aromatic heterocycles. The van der Waals surface area contributed by atoms with Crippen LogP contribution in [0.4, 0.5) is 5.69 Å². The van der Waals surface area contributed by atoms with Crippen LogP contribution in [0.1, 0.15) is 64.2 Å². The van der Waals surface area contributed by atoms with Crippen molar-refractivity contribution >= 4 is 17.6 Å². The van der Waals surface area contributed by atoms with E-state index in [4.69, 9.17) is 4.74 Å². The first-order valence-corrected chi connectivity index (χ1v) is 12.8. The number of carbonyl (C=O) groups excluding carboxylic acids is 2. The first-order valence-electron chi connectivity index (χ1n) is 12.8. The summed E-state index contributed by atoms with van der Waals surface area (Å²) in [6, 6.07) is 0. The first kappa shape index (κ1) is 22.7. The number of piperidine rings is 3. The molecule has 8 heteroatoms. The zero-order valence-electron chi connectivity index (χ0n) is 19.5. The molecule has 2 bridgehead atoms. The average Bonchev–Trinajstić information content (AvgIpc) is 3.54. The number of rotatable bonds is 7. The molecule has 5 aliphatic rings. The summed E-state index contributed by atoms with van der Waals surface area (Å²) in [5.41, 5.74) is -0.747. The van der Waals surface area contributed by atoms with Crippen LogP contribution in [0.2, 0.25) is 0 Å². The molecule has 33 heavy (non-hydrogen) atoms. The number of amides is 1. The second-order valence-corrected chi connectivity index (χ2v) is 10.9. The lowest BCUT2D eigenvalue weighted by molar-refractivity contribution is -0.939. The zero-order chi connectivity index (χ0) is 22.9. The Morgan fingerprint density at radius 1 is 1.00 bits per heavy atom. The van der Waals surface area contributed by atoms with Gasteiger partial charge in [-0.1, -0.05) is 25.7 Å². The highest BCUT2D eigenvalue weighted by Gasteiger charge is 2.55. The van der Waals surface area contributed by atoms with Gasteiger partial charge in [0.1, 0.15) is 12.9 Å². The number of quaternary nitrogens is 1. The van der Waals surface area contributed by atoms with Crippen molar-refractivity contribution in [2.45, 2.75) is 75.9 Å². The van der Waals surface area contributed by atoms with Crippen LogP contribution in [0.25, 0.3) is 0 Å². The molecule has 1 amide bonds. The maximum absolute atomic E-state index is 13.6. The molecule has 6 rings (SSSR count). The molecule has 0 radical (unpaired) electrons. The molecule has 0 spiro atoms. The van der Waals surface area contributed by atoms with E-state index >= 15 is 0 Å². The van der Waals surface area contributed by atoms with Gasteiger partial charge in [-0.15, -0.1) is 0 Å². The van der Waals surface area contributed by atoms with Crippen LogP contribution >= 0.6 is 0 Å². The minimum Gasteiger partial charge on any atom is -0.454 e. The predicted octanol–water partition coefficient (Wildman–Crippen LogP) is 2.68. The maximum Gasteiger partial charge on any atom is 0.339 e. The zero-order valence-corrected chi connectivity index (χ0v) is 19.5. The summed E-state index contributed by atoms with van der Waals surface area (Å²) in [5, 5.41) is 14.7. The lowest BCUT2D eigenvalue weighted by Gasteiger charge is -2.52. The standard InChI is InChI=1S/C25H36N4O4/c30-23(28-21-13-26-17-27-14-21)16-29-11-9-18(10-12-29)22(15-29)33-24(31)25(32,19-5-1-2-6-19)20-7-3-4-8-20/h13-14,17-20,22,32H,1-12,15-16H2/p+1/t18?,22-,29?/m0/s1. The predicted molar refractivity (Wildman–Crippen MR) is 122 cm³/mol. The third-order valence-corrected chi connectivity index (χ3v) is 8.91. The third-order valence-electron chi connectivity index (χ3n) is 8.91. The summed E-state index contributed by atoms with van der Waals surface area (Å²) in [5.74, 6) is -0.0731. The molecule has 1 atom stereocenters. The number of aromatic nitrogens is 2. The Morgan fingerprint density at radius 3 is 2.15 bits per heavy atom. The highest BCUT2D eigenvalue weighted by atomic mass is 16.6. The van der Waals surface area contributed by atoms with E-state index < -0.39 is 5.60 Å². The van der Waals surface area contributed by atoms with E-state index in [1.54, 1.807) is 12.4 Å². The fourth-order valence-corrected chi connectivity index (χ4v) is 7.08. The molecule has 3 aliphatic heterocycles. The molecule has 1 aromatic rings. The number of hydrogen-bond donors (Lipinski definition) is 2. The number of nitrogens with one attached hydrogen (secondary N) is 1. The normalized spacial score (nSPS) is 30.5. The molecular formula is C25H37N4O4+. The Balaban J connectivity index is 1.26. The second kappa shape index (κ2) is 9.29. The fraction of sp³-hybridized carbons (Fsp3) is 0.760. The Morgan fingerprint density at radius 2 is 1.58 bits per heavy atom. The number of anilines is 1. The Bertz CT molecular complexity index is 827. The third kappa shape index (κ3) is 4.52. The van der Waals surface area contributed by atoms with Gasteiger partial charge in [0.2, 0.25) is 0 Å². The molecular weight excluding hydrogens is 420 g/mol. The Kier molecular flexibility index (Phi) is 6.40. The van der Waals surface area contributed by atoms with Gasteiger partial charge < -0.3 is 19.6 Å². The molecule has 5 fully saturated rings. The van der Waals surface area contributed by atoms with Crippen molar-refractivity contribution in [2.24, 2.45) is 17.8 Å². The topological polar surface area (TPSA) is 101 Å². The van der Waals surface area contributed by atoms with Crippen molar-refractivity contribution in [3.05, 3.63) is 18.7 Å². The van der Waals surface area contributed by atoms with Crippen LogP contribution < -0.4 is 5.32 Å². The first-order chi connectivity index (χ1) is 16.0. The van der Waals surface area contributed by atoms with Gasteiger partial charge in [0.25, 0.3) is 5.91 Å². The van der Waals surface area contributed by atoms with E-state index in [0.29, 0.717) is 29.2 Å². The van der Waals surface area contributed by atoms with Gasteiger partial charge in [-0.25, -0.2) is 14.8 Å². The van der Waals surface area contributed by atoms with Gasteiger partial charge >= 0.3 is 5.97 Å². The number of carbonyl (C=O) groups is 2. The summed E-state index contributed by atoms with van der Waals surface area (Å²) in [6.45, 7) is 2.85. The minimum atomic E-state index is -1.34. The van der Waals surface area contributed by atoms with Crippen molar-refractivity contribution in [1.82, 2.24) is 9.97 Å². The van der Waals surface area contributed by atoms with Gasteiger partial charge in [-0.2, -0.15) is 0 Å². The molecule has 2 N–H and O–H groups in total. The Labute approximate surface area is 195 Å². The number of ether oxygens (including phenoxy) is 1. The number of hydrogen-bond acceptors (Lipinski definition) is 6. The van der Waals surface area contributed by atoms with Crippen LogP contribution in [0.5, 0.6) is 0 Å². The molecule has 0 unspecified atom stereocenters. The van der Waals surface area contributed by atoms with Gasteiger partial charge in [0.15, 0.2) is 18.2 Å². The smallest absolute Gasteiger partial charge is 0.339 e. The average molecular weight is 458 g/mol. The van der Waals surface area contributed by atoms with E-state index in [9.17, 15) is 14.7 Å². The summed E-state index contributed by atoms with van der Waals surface area (Å²) < 4.78 is 6.82. The second-order valence-electron chi connectivity index (χ2n) is 10.9. The summed E-state index contributed by atoms with van der Waals surface area (Å²) in [6.07, 6.45) is 14.3. The van der Waals surface area contributed by atoms with Crippen molar-refractivity contribution in [3.63, 3.8) is 0 Å². The van der Waals surface area contributed by atoms with Crippen molar-refractivity contribution < 1.29 is 23.9 Å². The van der Waals surface area contributed by atoms with Crippen molar-refractivity contribution in [3.8, 4) is 0 Å². The van der Waals surface area contributed by atoms with E-state index in [1.165, 1.54) is 6.33 Å². The number of esters is 1. The number of aliphatic hydroxyl groups is 1. The van der Waals surface area contributed by atoms with Gasteiger partial charge in [-0.3, -0.25) is 4.79 Å². The monoisotopic (exact) mass is 457 g/mol. The summed E-state index contributed by atoms with van der Waals surface area (Å²) >= 11 is 0. The van der Waals surface area contributed by atoms with Crippen LogP contribution in [-0.2, 0) is 14.3 Å². The lowest BCUT2D eigenvalue weighted by atomic mass is 9.74. The van der Waals surface area contributed by atoms with Crippen LogP contribution in [0.3, 0.4) is 0 Å². The van der Waals surface area contributed by atoms with Crippen LogP contribution in [0.15, 0.2) is 18.7 Å². The molecule has 8 nitrogen and oxygen atoms in total. The van der Waals surface area contributed by atoms with Gasteiger partial charge in [0, 0.05) is 18.8 Å². The largest absolute Gasteiger partial charge is 0.454 e. The SMILES string of the molecule is O=C(C[N+]12CCC(CC1)[C@@H](OC(=O)C(O)(C1CCCC1)C1CCCC1)C2)Nc1cncnc1. The van der Waals surface area contributed by atoms with Crippen LogP contribution in [-0.4, -0.2) is 69.3 Å². The maximum atomic E-state index is 13.6. The molecule has 180 valence electrons. The van der Waals surface area contributed by atoms with Gasteiger partial charge in [-0.05, 0) is 37.5 Å². The van der Waals surface area contributed by atoms with Crippen molar-refractivity contribution in [1.29, 1.82) is 0 Å². The number of nitrogens with zero attached hydrogens (tertiary/aromatic N) is 3. The highest BCUT2D eigenvalue weighted by molar-refractivity contribution is 5.91. The van der Waals surface area contributed by atoms with Gasteiger partial charge in [0.05, 0.1) is 31.2 Å². The lowest BCUT2D eigenvalue weighted by Crippen LogP contribution is -2.67. The highest BCUT2D eigenvalue weighted by Crippen LogP contribution is 2.46. The molecule has 2 aliphatic carbocycles. The van der Waals surface area contributed by atoms with E-state index in [1.807, 2.05) is 0 Å². The minimum absolute atomic E-state index is 0.0243.